The number of piperidine rings is 1. The number of hydrogen-bond donors (Lipinski definition) is 0. The van der Waals surface area contributed by atoms with Gasteiger partial charge >= 0.3 is 0 Å². The molecule has 4 nitrogen and oxygen atoms in total. The Hall–Kier alpha value is -1.75. The van der Waals surface area contributed by atoms with Crippen LogP contribution in [0.4, 0.5) is 0 Å². The van der Waals surface area contributed by atoms with Crippen LogP contribution in [0.1, 0.15) is 30.0 Å². The maximum atomic E-state index is 12.2. The van der Waals surface area contributed by atoms with Crippen molar-refractivity contribution in [2.24, 2.45) is 0 Å². The molecule has 2 aromatic heterocycles. The van der Waals surface area contributed by atoms with Crippen molar-refractivity contribution in [2.45, 2.75) is 25.2 Å². The summed E-state index contributed by atoms with van der Waals surface area (Å²) in [5.41, 5.74) is 2.17. The molecule has 0 saturated carbocycles. The van der Waals surface area contributed by atoms with E-state index in [0.717, 1.165) is 37.2 Å². The van der Waals surface area contributed by atoms with Crippen molar-refractivity contribution in [2.75, 3.05) is 13.1 Å². The van der Waals surface area contributed by atoms with Gasteiger partial charge in [-0.15, -0.1) is 0 Å². The minimum Gasteiger partial charge on any atom is -0.342 e. The maximum Gasteiger partial charge on any atom is 0.227 e. The lowest BCUT2D eigenvalue weighted by molar-refractivity contribution is -0.131. The van der Waals surface area contributed by atoms with Crippen LogP contribution in [-0.4, -0.2) is 33.9 Å². The van der Waals surface area contributed by atoms with Gasteiger partial charge in [0.2, 0.25) is 5.91 Å². The van der Waals surface area contributed by atoms with E-state index in [1.54, 1.807) is 23.7 Å². The normalized spacial score (nSPS) is 16.3. The number of aromatic nitrogens is 2. The Bertz CT molecular complexity index is 548. The number of carbonyl (C=O) groups is 1. The lowest BCUT2D eigenvalue weighted by Crippen LogP contribution is -2.38. The maximum absolute atomic E-state index is 12.2. The van der Waals surface area contributed by atoms with E-state index in [1.165, 1.54) is 0 Å². The van der Waals surface area contributed by atoms with Crippen LogP contribution in [0.3, 0.4) is 0 Å². The first-order valence-corrected chi connectivity index (χ1v) is 7.82. The smallest absolute Gasteiger partial charge is 0.227 e. The van der Waals surface area contributed by atoms with E-state index < -0.39 is 0 Å². The van der Waals surface area contributed by atoms with Gasteiger partial charge in [0, 0.05) is 37.6 Å². The van der Waals surface area contributed by atoms with Gasteiger partial charge < -0.3 is 4.90 Å². The van der Waals surface area contributed by atoms with Crippen molar-refractivity contribution >= 4 is 17.2 Å². The number of thiophene rings is 1. The number of amides is 1. The molecule has 0 spiro atoms. The molecule has 20 heavy (non-hydrogen) atoms. The number of nitrogens with zero attached hydrogens (tertiary/aromatic N) is 3. The fourth-order valence-electron chi connectivity index (χ4n) is 2.63. The third-order valence-corrected chi connectivity index (χ3v) is 4.52. The minimum atomic E-state index is 0.237. The first-order chi connectivity index (χ1) is 9.83. The lowest BCUT2D eigenvalue weighted by Gasteiger charge is -2.31. The van der Waals surface area contributed by atoms with Crippen LogP contribution in [0.15, 0.2) is 35.4 Å². The fourth-order valence-corrected chi connectivity index (χ4v) is 3.29. The molecule has 5 heteroatoms. The SMILES string of the molecule is O=C(Cc1ccsc1)N1CCC(c2cnccn2)CC1. The average Bonchev–Trinajstić information content (AvgIpc) is 3.01. The lowest BCUT2D eigenvalue weighted by atomic mass is 9.93. The summed E-state index contributed by atoms with van der Waals surface area (Å²) in [7, 11) is 0. The molecular weight excluding hydrogens is 270 g/mol. The van der Waals surface area contributed by atoms with Gasteiger partial charge in [-0.2, -0.15) is 11.3 Å². The molecule has 0 aliphatic carbocycles. The molecule has 0 unspecified atom stereocenters. The standard InChI is InChI=1S/C15H17N3OS/c19-15(9-12-3-8-20-11-12)18-6-1-13(2-7-18)14-10-16-4-5-17-14/h3-5,8,10-11,13H,1-2,6-7,9H2. The summed E-state index contributed by atoms with van der Waals surface area (Å²) in [5, 5.41) is 4.06. The van der Waals surface area contributed by atoms with Gasteiger partial charge in [-0.1, -0.05) is 0 Å². The Morgan fingerprint density at radius 1 is 1.35 bits per heavy atom. The highest BCUT2D eigenvalue weighted by Gasteiger charge is 2.24. The Balaban J connectivity index is 1.54. The van der Waals surface area contributed by atoms with Gasteiger partial charge in [-0.05, 0) is 35.2 Å². The minimum absolute atomic E-state index is 0.237. The van der Waals surface area contributed by atoms with Crippen LogP contribution in [0, 0.1) is 0 Å². The third-order valence-electron chi connectivity index (χ3n) is 3.78. The molecule has 0 bridgehead atoms. The summed E-state index contributed by atoms with van der Waals surface area (Å²) >= 11 is 1.64. The van der Waals surface area contributed by atoms with E-state index in [0.29, 0.717) is 12.3 Å². The zero-order valence-corrected chi connectivity index (χ0v) is 12.1. The molecule has 1 saturated heterocycles. The summed E-state index contributed by atoms with van der Waals surface area (Å²) in [6, 6.07) is 2.02. The van der Waals surface area contributed by atoms with Crippen LogP contribution in [0.2, 0.25) is 0 Å². The van der Waals surface area contributed by atoms with Crippen molar-refractivity contribution < 1.29 is 4.79 Å². The second kappa shape index (κ2) is 6.13. The Kier molecular flexibility index (Phi) is 4.06. The highest BCUT2D eigenvalue weighted by Crippen LogP contribution is 2.26. The van der Waals surface area contributed by atoms with Crippen molar-refractivity contribution in [1.29, 1.82) is 0 Å². The number of carbonyl (C=O) groups excluding carboxylic acids is 1. The summed E-state index contributed by atoms with van der Waals surface area (Å²) in [5.74, 6) is 0.676. The summed E-state index contributed by atoms with van der Waals surface area (Å²) in [6.45, 7) is 1.65. The van der Waals surface area contributed by atoms with Crippen LogP contribution in [-0.2, 0) is 11.2 Å². The van der Waals surface area contributed by atoms with Gasteiger partial charge in [0.05, 0.1) is 12.1 Å². The molecule has 1 aliphatic rings. The molecule has 1 fully saturated rings. The second-order valence-corrected chi connectivity index (χ2v) is 5.87. The Morgan fingerprint density at radius 3 is 2.85 bits per heavy atom. The van der Waals surface area contributed by atoms with E-state index in [1.807, 2.05) is 27.9 Å². The van der Waals surface area contributed by atoms with Crippen molar-refractivity contribution in [1.82, 2.24) is 14.9 Å². The Labute approximate surface area is 122 Å². The molecule has 0 atom stereocenters. The second-order valence-electron chi connectivity index (χ2n) is 5.09. The van der Waals surface area contributed by atoms with Crippen LogP contribution >= 0.6 is 11.3 Å². The van der Waals surface area contributed by atoms with E-state index in [9.17, 15) is 4.79 Å². The number of rotatable bonds is 3. The number of likely N-dealkylation sites (tertiary alicyclic amines) is 1. The van der Waals surface area contributed by atoms with Crippen LogP contribution < -0.4 is 0 Å². The topological polar surface area (TPSA) is 46.1 Å². The van der Waals surface area contributed by atoms with Gasteiger partial charge in [0.15, 0.2) is 0 Å². The summed E-state index contributed by atoms with van der Waals surface area (Å²) in [4.78, 5) is 22.7. The predicted molar refractivity (Wildman–Crippen MR) is 78.6 cm³/mol. The molecule has 104 valence electrons. The molecule has 3 heterocycles. The zero-order valence-electron chi connectivity index (χ0n) is 11.2. The summed E-state index contributed by atoms with van der Waals surface area (Å²) < 4.78 is 0. The van der Waals surface area contributed by atoms with Crippen LogP contribution in [0.5, 0.6) is 0 Å². The van der Waals surface area contributed by atoms with Crippen LogP contribution in [0.25, 0.3) is 0 Å². The molecule has 3 rings (SSSR count). The molecular formula is C15H17N3OS. The first kappa shape index (κ1) is 13.2. The monoisotopic (exact) mass is 287 g/mol. The molecule has 1 aliphatic heterocycles. The van der Waals surface area contributed by atoms with Crippen molar-refractivity contribution in [3.63, 3.8) is 0 Å². The highest BCUT2D eigenvalue weighted by molar-refractivity contribution is 7.07. The van der Waals surface area contributed by atoms with Gasteiger partial charge in [0.1, 0.15) is 0 Å². The quantitative estimate of drug-likeness (QED) is 0.871. The molecule has 0 radical (unpaired) electrons. The molecule has 0 aromatic carbocycles. The molecule has 0 N–H and O–H groups in total. The van der Waals surface area contributed by atoms with Crippen molar-refractivity contribution in [3.05, 3.63) is 46.7 Å². The van der Waals surface area contributed by atoms with E-state index in [-0.39, 0.29) is 5.91 Å². The highest BCUT2D eigenvalue weighted by atomic mass is 32.1. The van der Waals surface area contributed by atoms with E-state index >= 15 is 0 Å². The van der Waals surface area contributed by atoms with E-state index in [4.69, 9.17) is 0 Å². The number of hydrogen-bond acceptors (Lipinski definition) is 4. The molecule has 2 aromatic rings. The third kappa shape index (κ3) is 3.04. The van der Waals surface area contributed by atoms with Gasteiger partial charge in [-0.3, -0.25) is 14.8 Å². The summed E-state index contributed by atoms with van der Waals surface area (Å²) in [6.07, 6.45) is 7.77. The largest absolute Gasteiger partial charge is 0.342 e. The average molecular weight is 287 g/mol. The van der Waals surface area contributed by atoms with Gasteiger partial charge in [0.25, 0.3) is 0 Å². The molecule has 1 amide bonds. The predicted octanol–water partition coefficient (Wildman–Crippen LogP) is 2.49. The van der Waals surface area contributed by atoms with E-state index in [2.05, 4.69) is 9.97 Å². The van der Waals surface area contributed by atoms with Crippen molar-refractivity contribution in [3.8, 4) is 0 Å². The fraction of sp³-hybridized carbons (Fsp3) is 0.400. The Morgan fingerprint density at radius 2 is 2.20 bits per heavy atom. The zero-order chi connectivity index (χ0) is 13.8. The first-order valence-electron chi connectivity index (χ1n) is 6.87. The van der Waals surface area contributed by atoms with Gasteiger partial charge in [-0.25, -0.2) is 0 Å².